The number of furan rings is 1. The van der Waals surface area contributed by atoms with Gasteiger partial charge in [-0.25, -0.2) is 0 Å². The van der Waals surface area contributed by atoms with Crippen LogP contribution in [-0.2, 0) is 5.41 Å². The largest absolute Gasteiger partial charge is 0.452 e. The van der Waals surface area contributed by atoms with Crippen molar-refractivity contribution in [1.82, 2.24) is 9.97 Å². The van der Waals surface area contributed by atoms with E-state index in [1.807, 2.05) is 24.5 Å². The average molecular weight is 435 g/mol. The van der Waals surface area contributed by atoms with Crippen LogP contribution in [0, 0.1) is 0 Å². The quantitative estimate of drug-likeness (QED) is 0.275. The van der Waals surface area contributed by atoms with E-state index in [2.05, 4.69) is 79.7 Å². The molecule has 4 heteroatoms. The highest BCUT2D eigenvalue weighted by atomic mass is 32.1. The van der Waals surface area contributed by atoms with Crippen LogP contribution in [-0.4, -0.2) is 9.97 Å². The first-order valence-corrected chi connectivity index (χ1v) is 11.6. The molecule has 0 unspecified atom stereocenters. The maximum Gasteiger partial charge on any atom is 0.161 e. The molecule has 0 N–H and O–H groups in total. The second-order valence-electron chi connectivity index (χ2n) is 9.18. The van der Waals surface area contributed by atoms with Gasteiger partial charge in [0, 0.05) is 33.4 Å². The summed E-state index contributed by atoms with van der Waals surface area (Å²) in [5.74, 6) is 0.773. The van der Waals surface area contributed by atoms with E-state index >= 15 is 0 Å². The molecule has 156 valence electrons. The summed E-state index contributed by atoms with van der Waals surface area (Å²) in [6, 6.07) is 21.3. The summed E-state index contributed by atoms with van der Waals surface area (Å²) in [4.78, 5) is 9.38. The van der Waals surface area contributed by atoms with Crippen molar-refractivity contribution in [3.05, 3.63) is 84.0 Å². The lowest BCUT2D eigenvalue weighted by atomic mass is 9.82. The summed E-state index contributed by atoms with van der Waals surface area (Å²) in [6.07, 6.45) is 3.71. The molecule has 0 atom stereocenters. The highest BCUT2D eigenvalue weighted by molar-refractivity contribution is 7.17. The Morgan fingerprint density at radius 2 is 1.59 bits per heavy atom. The monoisotopic (exact) mass is 434 g/mol. The number of fused-ring (bicyclic) bond motifs is 3. The van der Waals surface area contributed by atoms with E-state index < -0.39 is 0 Å². The molecule has 0 aliphatic carbocycles. The van der Waals surface area contributed by atoms with E-state index in [0.717, 1.165) is 39.1 Å². The number of benzene rings is 2. The van der Waals surface area contributed by atoms with Crippen molar-refractivity contribution in [2.45, 2.75) is 26.2 Å². The van der Waals surface area contributed by atoms with Crippen LogP contribution >= 0.6 is 11.3 Å². The average Bonchev–Trinajstić information content (AvgIpc) is 3.44. The van der Waals surface area contributed by atoms with Crippen molar-refractivity contribution >= 4 is 43.2 Å². The first kappa shape index (κ1) is 19.2. The van der Waals surface area contributed by atoms with Gasteiger partial charge in [-0.2, -0.15) is 0 Å². The van der Waals surface area contributed by atoms with Crippen molar-refractivity contribution in [1.29, 1.82) is 0 Å². The predicted molar refractivity (Wildman–Crippen MR) is 134 cm³/mol. The van der Waals surface area contributed by atoms with Crippen LogP contribution in [0.2, 0.25) is 0 Å². The van der Waals surface area contributed by atoms with E-state index in [4.69, 9.17) is 9.40 Å². The topological polar surface area (TPSA) is 38.9 Å². The first-order valence-electron chi connectivity index (χ1n) is 10.7. The van der Waals surface area contributed by atoms with Crippen molar-refractivity contribution in [3.8, 4) is 22.7 Å². The number of pyridine rings is 2. The summed E-state index contributed by atoms with van der Waals surface area (Å²) >= 11 is 1.71. The Kier molecular flexibility index (Phi) is 4.21. The highest BCUT2D eigenvalue weighted by Crippen LogP contribution is 2.39. The van der Waals surface area contributed by atoms with Gasteiger partial charge in [-0.3, -0.25) is 9.97 Å². The van der Waals surface area contributed by atoms with Crippen molar-refractivity contribution in [3.63, 3.8) is 0 Å². The fourth-order valence-corrected chi connectivity index (χ4v) is 5.23. The zero-order valence-electron chi connectivity index (χ0n) is 18.2. The van der Waals surface area contributed by atoms with E-state index in [1.54, 1.807) is 11.3 Å². The molecule has 3 nitrogen and oxygen atoms in total. The van der Waals surface area contributed by atoms with Crippen LogP contribution in [0.15, 0.2) is 82.9 Å². The molecular formula is C28H22N2OS. The third-order valence-corrected chi connectivity index (χ3v) is 6.87. The predicted octanol–water partition coefficient (Wildman–Crippen LogP) is 8.22. The van der Waals surface area contributed by atoms with E-state index in [-0.39, 0.29) is 5.41 Å². The van der Waals surface area contributed by atoms with Crippen molar-refractivity contribution < 1.29 is 4.42 Å². The smallest absolute Gasteiger partial charge is 0.161 e. The minimum absolute atomic E-state index is 0.0103. The SMILES string of the molecule is CC(C)(C)c1cc(-c2nccc3cc(-c4nccc5sccc45)oc23)cc2ccccc12. The van der Waals surface area contributed by atoms with Crippen LogP contribution in [0.3, 0.4) is 0 Å². The second-order valence-corrected chi connectivity index (χ2v) is 10.1. The summed E-state index contributed by atoms with van der Waals surface area (Å²) in [7, 11) is 0. The van der Waals surface area contributed by atoms with Gasteiger partial charge < -0.3 is 4.42 Å². The number of hydrogen-bond acceptors (Lipinski definition) is 4. The molecule has 0 saturated heterocycles. The van der Waals surface area contributed by atoms with Gasteiger partial charge in [-0.05, 0) is 63.5 Å². The van der Waals surface area contributed by atoms with Gasteiger partial charge in [0.25, 0.3) is 0 Å². The van der Waals surface area contributed by atoms with E-state index in [9.17, 15) is 0 Å². The summed E-state index contributed by atoms with van der Waals surface area (Å²) in [5, 5.41) is 6.74. The molecule has 0 saturated carbocycles. The van der Waals surface area contributed by atoms with E-state index in [1.165, 1.54) is 21.0 Å². The van der Waals surface area contributed by atoms with Gasteiger partial charge in [-0.15, -0.1) is 11.3 Å². The van der Waals surface area contributed by atoms with Crippen LogP contribution in [0.5, 0.6) is 0 Å². The molecule has 2 aromatic carbocycles. The maximum absolute atomic E-state index is 6.43. The first-order chi connectivity index (χ1) is 15.5. The van der Waals surface area contributed by atoms with Gasteiger partial charge >= 0.3 is 0 Å². The summed E-state index contributed by atoms with van der Waals surface area (Å²) in [5.41, 5.74) is 4.92. The van der Waals surface area contributed by atoms with Gasteiger partial charge in [-0.1, -0.05) is 45.0 Å². The third-order valence-electron chi connectivity index (χ3n) is 5.99. The van der Waals surface area contributed by atoms with Gasteiger partial charge in [0.1, 0.15) is 11.4 Å². The molecule has 0 aliphatic rings. The fraction of sp³-hybridized carbons (Fsp3) is 0.143. The minimum atomic E-state index is 0.0103. The molecule has 0 aliphatic heterocycles. The lowest BCUT2D eigenvalue weighted by Crippen LogP contribution is -2.12. The Morgan fingerprint density at radius 1 is 0.781 bits per heavy atom. The molecule has 0 amide bonds. The highest BCUT2D eigenvalue weighted by Gasteiger charge is 2.21. The molecule has 4 heterocycles. The minimum Gasteiger partial charge on any atom is -0.452 e. The zero-order chi connectivity index (χ0) is 21.9. The molecule has 6 aromatic rings. The summed E-state index contributed by atoms with van der Waals surface area (Å²) < 4.78 is 7.64. The molecule has 0 fully saturated rings. The van der Waals surface area contributed by atoms with Crippen molar-refractivity contribution in [2.75, 3.05) is 0 Å². The van der Waals surface area contributed by atoms with Crippen LogP contribution in [0.25, 0.3) is 54.5 Å². The molecular weight excluding hydrogens is 412 g/mol. The third kappa shape index (κ3) is 3.02. The Bertz CT molecular complexity index is 1620. The molecule has 32 heavy (non-hydrogen) atoms. The van der Waals surface area contributed by atoms with Crippen LogP contribution < -0.4 is 0 Å². The van der Waals surface area contributed by atoms with E-state index in [0.29, 0.717) is 0 Å². The second kappa shape index (κ2) is 7.01. The number of nitrogens with zero attached hydrogens (tertiary/aromatic N) is 2. The molecule has 4 aromatic heterocycles. The van der Waals surface area contributed by atoms with Gasteiger partial charge in [0.15, 0.2) is 11.3 Å². The molecule has 0 bridgehead atoms. The number of aromatic nitrogens is 2. The van der Waals surface area contributed by atoms with Crippen molar-refractivity contribution in [2.24, 2.45) is 0 Å². The standard InChI is InChI=1S/C28H22N2OS/c1-28(2,3)22-15-19(14-17-6-4-5-7-20(17)22)25-27-18(8-11-29-25)16-23(31-27)26-21-10-13-32-24(21)9-12-30-26/h4-16H,1-3H3. The lowest BCUT2D eigenvalue weighted by Gasteiger charge is -2.22. The Morgan fingerprint density at radius 3 is 2.47 bits per heavy atom. The number of thiophene rings is 1. The van der Waals surface area contributed by atoms with Crippen LogP contribution in [0.4, 0.5) is 0 Å². The maximum atomic E-state index is 6.43. The molecule has 0 spiro atoms. The normalized spacial score (nSPS) is 12.2. The number of rotatable bonds is 2. The van der Waals surface area contributed by atoms with Gasteiger partial charge in [0.2, 0.25) is 0 Å². The Hall–Kier alpha value is -3.50. The zero-order valence-corrected chi connectivity index (χ0v) is 19.0. The Balaban J connectivity index is 1.60. The molecule has 6 rings (SSSR count). The Labute approximate surface area is 190 Å². The number of hydrogen-bond donors (Lipinski definition) is 0. The van der Waals surface area contributed by atoms with Gasteiger partial charge in [0.05, 0.1) is 0 Å². The molecule has 0 radical (unpaired) electrons. The summed E-state index contributed by atoms with van der Waals surface area (Å²) in [6.45, 7) is 6.76. The van der Waals surface area contributed by atoms with Crippen LogP contribution in [0.1, 0.15) is 26.3 Å². The lowest BCUT2D eigenvalue weighted by molar-refractivity contribution is 0.596. The fourth-order valence-electron chi connectivity index (χ4n) is 4.45.